The van der Waals surface area contributed by atoms with Gasteiger partial charge in [-0.25, -0.2) is 9.13 Å². The smallest absolute Gasteiger partial charge is 0.462 e. The van der Waals surface area contributed by atoms with Crippen LogP contribution in [0.2, 0.25) is 0 Å². The minimum absolute atomic E-state index is 0.108. The van der Waals surface area contributed by atoms with Crippen LogP contribution < -0.4 is 0 Å². The summed E-state index contributed by atoms with van der Waals surface area (Å²) < 4.78 is 68.6. The number of hydrogen-bond donors (Lipinski definition) is 3. The van der Waals surface area contributed by atoms with Crippen molar-refractivity contribution in [2.45, 2.75) is 445 Å². The summed E-state index contributed by atoms with van der Waals surface area (Å²) >= 11 is 0. The van der Waals surface area contributed by atoms with Crippen molar-refractivity contribution in [2.24, 2.45) is 5.92 Å². The SMILES string of the molecule is CCCCCCCCCCCCCCCCCC(=O)OC[C@H](COP(=O)(O)OC[C@@H](O)COP(=O)(O)OC[C@@H](COC(=O)CCCCCCCCCCC)OC(=O)CCCCCCCCCCCCCCC)OC(=O)CCCCCCCCCCCCCCCCCCCCC(C)CC. The Morgan fingerprint density at radius 2 is 0.485 bits per heavy atom. The number of carbonyl (C=O) groups is 4. The number of unbranched alkanes of at least 4 members (excludes halogenated alkanes) is 51. The molecule has 0 amide bonds. The molecule has 0 aliphatic carbocycles. The Kier molecular flexibility index (Phi) is 71.6. The second kappa shape index (κ2) is 73.0. The first-order chi connectivity index (χ1) is 48.1. The molecule has 0 fully saturated rings. The van der Waals surface area contributed by atoms with Gasteiger partial charge in [-0.05, 0) is 31.6 Å². The average Bonchev–Trinajstić information content (AvgIpc) is 1.37. The highest BCUT2D eigenvalue weighted by Gasteiger charge is 2.30. The van der Waals surface area contributed by atoms with Crippen LogP contribution >= 0.6 is 15.6 Å². The Morgan fingerprint density at radius 3 is 0.717 bits per heavy atom. The maximum atomic E-state index is 13.1. The average molecular weight is 1450 g/mol. The molecular weight excluding hydrogens is 1290 g/mol. The van der Waals surface area contributed by atoms with E-state index in [2.05, 4.69) is 34.6 Å². The van der Waals surface area contributed by atoms with Gasteiger partial charge in [0.25, 0.3) is 0 Å². The molecule has 6 atom stereocenters. The topological polar surface area (TPSA) is 237 Å². The zero-order valence-corrected chi connectivity index (χ0v) is 66.4. The van der Waals surface area contributed by atoms with Crippen LogP contribution in [0.25, 0.3) is 0 Å². The molecule has 0 rings (SSSR count). The number of esters is 4. The monoisotopic (exact) mass is 1450 g/mol. The molecule has 99 heavy (non-hydrogen) atoms. The summed E-state index contributed by atoms with van der Waals surface area (Å²) in [6.45, 7) is 7.38. The minimum Gasteiger partial charge on any atom is -0.462 e. The number of phosphoric ester groups is 2. The van der Waals surface area contributed by atoms with Crippen LogP contribution in [-0.2, 0) is 65.4 Å². The van der Waals surface area contributed by atoms with E-state index in [4.69, 9.17) is 37.0 Å². The minimum atomic E-state index is -4.96. The summed E-state index contributed by atoms with van der Waals surface area (Å²) in [7, 11) is -9.91. The fourth-order valence-electron chi connectivity index (χ4n) is 12.4. The van der Waals surface area contributed by atoms with Gasteiger partial charge in [-0.3, -0.25) is 37.3 Å². The summed E-state index contributed by atoms with van der Waals surface area (Å²) in [6, 6.07) is 0. The van der Waals surface area contributed by atoms with Crippen molar-refractivity contribution in [1.82, 2.24) is 0 Å². The molecule has 0 aromatic heterocycles. The molecular formula is C80H156O17P2. The first-order valence-corrected chi connectivity index (χ1v) is 44.7. The van der Waals surface area contributed by atoms with E-state index in [9.17, 15) is 43.2 Å². The van der Waals surface area contributed by atoms with Gasteiger partial charge in [-0.2, -0.15) is 0 Å². The Balaban J connectivity index is 5.19. The largest absolute Gasteiger partial charge is 0.472 e. The number of aliphatic hydroxyl groups is 1. The van der Waals surface area contributed by atoms with Crippen molar-refractivity contribution >= 4 is 39.5 Å². The van der Waals surface area contributed by atoms with Gasteiger partial charge in [-0.15, -0.1) is 0 Å². The molecule has 0 aliphatic rings. The first-order valence-electron chi connectivity index (χ1n) is 41.7. The molecule has 0 aliphatic heterocycles. The molecule has 0 heterocycles. The van der Waals surface area contributed by atoms with E-state index < -0.39 is 97.5 Å². The van der Waals surface area contributed by atoms with Crippen molar-refractivity contribution < 1.29 is 80.2 Å². The maximum absolute atomic E-state index is 13.1. The molecule has 17 nitrogen and oxygen atoms in total. The van der Waals surface area contributed by atoms with E-state index in [0.717, 1.165) is 95.8 Å². The van der Waals surface area contributed by atoms with Crippen LogP contribution in [0.5, 0.6) is 0 Å². The van der Waals surface area contributed by atoms with Crippen molar-refractivity contribution in [3.05, 3.63) is 0 Å². The van der Waals surface area contributed by atoms with Crippen molar-refractivity contribution in [3.63, 3.8) is 0 Å². The van der Waals surface area contributed by atoms with E-state index in [1.165, 1.54) is 250 Å². The third kappa shape index (κ3) is 72.8. The Hall–Kier alpha value is -1.94. The molecule has 3 unspecified atom stereocenters. The molecule has 0 radical (unpaired) electrons. The van der Waals surface area contributed by atoms with Gasteiger partial charge in [-0.1, -0.05) is 375 Å². The van der Waals surface area contributed by atoms with Gasteiger partial charge in [0.2, 0.25) is 0 Å². The maximum Gasteiger partial charge on any atom is 0.472 e. The zero-order chi connectivity index (χ0) is 72.7. The van der Waals surface area contributed by atoms with E-state index in [0.29, 0.717) is 25.7 Å². The van der Waals surface area contributed by atoms with E-state index in [1.807, 2.05) is 0 Å². The van der Waals surface area contributed by atoms with Gasteiger partial charge in [0, 0.05) is 25.7 Å². The van der Waals surface area contributed by atoms with Crippen LogP contribution in [-0.4, -0.2) is 96.7 Å². The number of hydrogen-bond acceptors (Lipinski definition) is 15. The Labute approximate surface area is 607 Å². The summed E-state index contributed by atoms with van der Waals surface area (Å²) in [5.41, 5.74) is 0. The highest BCUT2D eigenvalue weighted by Crippen LogP contribution is 2.45. The van der Waals surface area contributed by atoms with E-state index >= 15 is 0 Å². The Morgan fingerprint density at radius 1 is 0.283 bits per heavy atom. The second-order valence-corrected chi connectivity index (χ2v) is 32.0. The summed E-state index contributed by atoms with van der Waals surface area (Å²) in [5.74, 6) is -1.24. The summed E-state index contributed by atoms with van der Waals surface area (Å²) in [5, 5.41) is 10.6. The molecule has 0 saturated heterocycles. The van der Waals surface area contributed by atoms with Crippen LogP contribution in [0.3, 0.4) is 0 Å². The lowest BCUT2D eigenvalue weighted by molar-refractivity contribution is -0.161. The standard InChI is InChI=1S/C80H156O17P2/c1-6-10-13-16-19-22-24-26-31-36-39-44-49-54-59-64-78(83)91-70-76(97-80(85)66-61-56-51-46-41-37-33-30-28-27-29-32-35-38-43-47-52-57-62-73(5)9-4)72-95-99(88,89)93-68-74(81)67-92-98(86,87)94-71-75(69-90-77(82)63-58-53-48-42-21-18-15-12-8-3)96-79(84)65-60-55-50-45-40-34-25-23-20-17-14-11-7-2/h73-76,81H,6-72H2,1-5H3,(H,86,87)(H,88,89)/t73?,74-,75+,76+/m0/s1. The molecule has 588 valence electrons. The lowest BCUT2D eigenvalue weighted by Crippen LogP contribution is -2.30. The predicted octanol–water partition coefficient (Wildman–Crippen LogP) is 24.0. The summed E-state index contributed by atoms with van der Waals surface area (Å²) in [6.07, 6.45) is 63.7. The van der Waals surface area contributed by atoms with Gasteiger partial charge >= 0.3 is 39.5 Å². The number of ether oxygens (including phenoxy) is 4. The van der Waals surface area contributed by atoms with Gasteiger partial charge < -0.3 is 33.8 Å². The number of rotatable bonds is 80. The second-order valence-electron chi connectivity index (χ2n) is 29.1. The normalized spacial score (nSPS) is 14.1. The highest BCUT2D eigenvalue weighted by atomic mass is 31.2. The van der Waals surface area contributed by atoms with Crippen LogP contribution in [0.15, 0.2) is 0 Å². The van der Waals surface area contributed by atoms with Crippen LogP contribution in [0, 0.1) is 5.92 Å². The lowest BCUT2D eigenvalue weighted by atomic mass is 9.99. The number of phosphoric acid groups is 2. The zero-order valence-electron chi connectivity index (χ0n) is 64.6. The molecule has 3 N–H and O–H groups in total. The van der Waals surface area contributed by atoms with Crippen LogP contribution in [0.1, 0.15) is 426 Å². The summed E-state index contributed by atoms with van der Waals surface area (Å²) in [4.78, 5) is 72.9. The predicted molar refractivity (Wildman–Crippen MR) is 405 cm³/mol. The number of aliphatic hydroxyl groups excluding tert-OH is 1. The molecule has 0 spiro atoms. The van der Waals surface area contributed by atoms with Gasteiger partial charge in [0.1, 0.15) is 19.3 Å². The first kappa shape index (κ1) is 97.1. The number of carbonyl (C=O) groups excluding carboxylic acids is 4. The molecule has 0 saturated carbocycles. The fraction of sp³-hybridized carbons (Fsp3) is 0.950. The van der Waals surface area contributed by atoms with Crippen LogP contribution in [0.4, 0.5) is 0 Å². The van der Waals surface area contributed by atoms with Crippen molar-refractivity contribution in [2.75, 3.05) is 39.6 Å². The Bertz CT molecular complexity index is 1890. The fourth-order valence-corrected chi connectivity index (χ4v) is 14.0. The van der Waals surface area contributed by atoms with E-state index in [1.54, 1.807) is 0 Å². The third-order valence-electron chi connectivity index (χ3n) is 19.1. The van der Waals surface area contributed by atoms with Gasteiger partial charge in [0.15, 0.2) is 12.2 Å². The van der Waals surface area contributed by atoms with E-state index in [-0.39, 0.29) is 25.7 Å². The molecule has 19 heteroatoms. The quantitative estimate of drug-likeness (QED) is 0.0222. The van der Waals surface area contributed by atoms with Crippen molar-refractivity contribution in [1.29, 1.82) is 0 Å². The van der Waals surface area contributed by atoms with Gasteiger partial charge in [0.05, 0.1) is 26.4 Å². The molecule has 0 aromatic rings. The molecule has 0 bridgehead atoms. The highest BCUT2D eigenvalue weighted by molar-refractivity contribution is 7.47. The third-order valence-corrected chi connectivity index (χ3v) is 21.0. The lowest BCUT2D eigenvalue weighted by Gasteiger charge is -2.21. The molecule has 0 aromatic carbocycles. The van der Waals surface area contributed by atoms with Crippen molar-refractivity contribution in [3.8, 4) is 0 Å².